The first kappa shape index (κ1) is 15.2. The Morgan fingerprint density at radius 1 is 1.32 bits per heavy atom. The van der Waals surface area contributed by atoms with E-state index < -0.39 is 0 Å². The highest BCUT2D eigenvalue weighted by molar-refractivity contribution is 5.91. The fourth-order valence-corrected chi connectivity index (χ4v) is 1.65. The summed E-state index contributed by atoms with van der Waals surface area (Å²) in [5, 5.41) is 0. The third kappa shape index (κ3) is 5.14. The molecule has 4 heteroatoms. The van der Waals surface area contributed by atoms with E-state index in [4.69, 9.17) is 9.47 Å². The fraction of sp³-hybridized carbons (Fsp3) is 0.400. The summed E-state index contributed by atoms with van der Waals surface area (Å²) in [6.07, 6.45) is 4.17. The van der Waals surface area contributed by atoms with Crippen LogP contribution in [0.15, 0.2) is 30.3 Å². The van der Waals surface area contributed by atoms with Crippen LogP contribution in [0.3, 0.4) is 0 Å². The fourth-order valence-electron chi connectivity index (χ4n) is 1.65. The number of rotatable bonds is 7. The first-order chi connectivity index (χ1) is 9.19. The van der Waals surface area contributed by atoms with Crippen LogP contribution in [0.25, 0.3) is 6.08 Å². The Labute approximate surface area is 114 Å². The summed E-state index contributed by atoms with van der Waals surface area (Å²) in [7, 11) is 5.05. The molecule has 1 aromatic carbocycles. The smallest absolute Gasteiger partial charge is 0.246 e. The van der Waals surface area contributed by atoms with Crippen molar-refractivity contribution >= 4 is 12.0 Å². The van der Waals surface area contributed by atoms with Gasteiger partial charge in [-0.3, -0.25) is 4.79 Å². The largest absolute Gasteiger partial charge is 0.496 e. The van der Waals surface area contributed by atoms with Crippen LogP contribution in [-0.2, 0) is 9.53 Å². The van der Waals surface area contributed by atoms with Crippen LogP contribution in [0.5, 0.6) is 5.75 Å². The van der Waals surface area contributed by atoms with E-state index in [2.05, 4.69) is 0 Å². The lowest BCUT2D eigenvalue weighted by Crippen LogP contribution is -2.26. The number of benzene rings is 1. The third-order valence-corrected chi connectivity index (χ3v) is 2.76. The molecule has 0 aliphatic carbocycles. The van der Waals surface area contributed by atoms with Crippen molar-refractivity contribution < 1.29 is 14.3 Å². The topological polar surface area (TPSA) is 38.8 Å². The number of para-hydroxylation sites is 1. The van der Waals surface area contributed by atoms with Crippen LogP contribution >= 0.6 is 0 Å². The maximum Gasteiger partial charge on any atom is 0.246 e. The van der Waals surface area contributed by atoms with Gasteiger partial charge in [-0.1, -0.05) is 18.2 Å². The normalized spacial score (nSPS) is 10.7. The van der Waals surface area contributed by atoms with Gasteiger partial charge in [0.15, 0.2) is 0 Å². The third-order valence-electron chi connectivity index (χ3n) is 2.76. The molecule has 0 saturated heterocycles. The van der Waals surface area contributed by atoms with Gasteiger partial charge in [-0.25, -0.2) is 0 Å². The highest BCUT2D eigenvalue weighted by Gasteiger charge is 2.04. The number of nitrogens with zero attached hydrogens (tertiary/aromatic N) is 1. The molecule has 0 atom stereocenters. The van der Waals surface area contributed by atoms with Crippen molar-refractivity contribution in [2.75, 3.05) is 34.4 Å². The van der Waals surface area contributed by atoms with Gasteiger partial charge in [0.2, 0.25) is 5.91 Å². The molecule has 0 radical (unpaired) electrons. The quantitative estimate of drug-likeness (QED) is 0.559. The van der Waals surface area contributed by atoms with E-state index in [0.717, 1.165) is 17.7 Å². The van der Waals surface area contributed by atoms with E-state index >= 15 is 0 Å². The Morgan fingerprint density at radius 2 is 2.05 bits per heavy atom. The molecule has 1 aromatic rings. The van der Waals surface area contributed by atoms with Crippen molar-refractivity contribution in [3.05, 3.63) is 35.9 Å². The summed E-state index contributed by atoms with van der Waals surface area (Å²) >= 11 is 0. The molecule has 0 aliphatic rings. The van der Waals surface area contributed by atoms with E-state index in [1.807, 2.05) is 24.3 Å². The predicted molar refractivity (Wildman–Crippen MR) is 76.2 cm³/mol. The number of methoxy groups -OCH3 is 2. The molecule has 1 amide bonds. The number of likely N-dealkylation sites (N-methyl/N-ethyl adjacent to an activating group) is 1. The lowest BCUT2D eigenvalue weighted by atomic mass is 10.2. The van der Waals surface area contributed by atoms with Crippen LogP contribution in [0.4, 0.5) is 0 Å². The zero-order chi connectivity index (χ0) is 14.1. The molecule has 0 N–H and O–H groups in total. The van der Waals surface area contributed by atoms with Gasteiger partial charge < -0.3 is 14.4 Å². The number of carbonyl (C=O) groups is 1. The van der Waals surface area contributed by atoms with E-state index in [1.165, 1.54) is 0 Å². The average molecular weight is 263 g/mol. The summed E-state index contributed by atoms with van der Waals surface area (Å²) in [5.41, 5.74) is 0.892. The number of amides is 1. The molecule has 4 nitrogen and oxygen atoms in total. The van der Waals surface area contributed by atoms with E-state index in [1.54, 1.807) is 38.3 Å². The van der Waals surface area contributed by atoms with Gasteiger partial charge in [0.25, 0.3) is 0 Å². The molecule has 0 spiro atoms. The second kappa shape index (κ2) is 8.32. The summed E-state index contributed by atoms with van der Waals surface area (Å²) < 4.78 is 10.2. The van der Waals surface area contributed by atoms with E-state index in [9.17, 15) is 4.79 Å². The zero-order valence-corrected chi connectivity index (χ0v) is 11.8. The van der Waals surface area contributed by atoms with Crippen LogP contribution < -0.4 is 4.74 Å². The van der Waals surface area contributed by atoms with Crippen molar-refractivity contribution in [3.8, 4) is 5.75 Å². The standard InChI is InChI=1S/C15H21NO3/c1-16(11-6-12-18-2)15(17)10-9-13-7-4-5-8-14(13)19-3/h4-5,7-10H,6,11-12H2,1-3H3/b10-9+. The second-order valence-electron chi connectivity index (χ2n) is 4.18. The Hall–Kier alpha value is -1.81. The molecule has 0 fully saturated rings. The molecular weight excluding hydrogens is 242 g/mol. The Morgan fingerprint density at radius 3 is 2.74 bits per heavy atom. The summed E-state index contributed by atoms with van der Waals surface area (Å²) in [5.74, 6) is 0.732. The molecule has 0 aromatic heterocycles. The van der Waals surface area contributed by atoms with Gasteiger partial charge in [-0.2, -0.15) is 0 Å². The van der Waals surface area contributed by atoms with Gasteiger partial charge in [0.1, 0.15) is 5.75 Å². The minimum Gasteiger partial charge on any atom is -0.496 e. The molecule has 0 unspecified atom stereocenters. The summed E-state index contributed by atoms with van der Waals surface area (Å²) in [4.78, 5) is 13.5. The van der Waals surface area contributed by atoms with Gasteiger partial charge >= 0.3 is 0 Å². The van der Waals surface area contributed by atoms with Crippen LogP contribution in [0.1, 0.15) is 12.0 Å². The van der Waals surface area contributed by atoms with Crippen LogP contribution in [0, 0.1) is 0 Å². The highest BCUT2D eigenvalue weighted by Crippen LogP contribution is 2.18. The SMILES string of the molecule is COCCCN(C)C(=O)/C=C/c1ccccc1OC. The number of ether oxygens (including phenoxy) is 2. The molecule has 1 rings (SSSR count). The maximum absolute atomic E-state index is 11.9. The lowest BCUT2D eigenvalue weighted by molar-refractivity contribution is -0.124. The lowest BCUT2D eigenvalue weighted by Gasteiger charge is -2.14. The van der Waals surface area contributed by atoms with Crippen molar-refractivity contribution in [2.24, 2.45) is 0 Å². The number of hydrogen-bond donors (Lipinski definition) is 0. The molecule has 0 bridgehead atoms. The van der Waals surface area contributed by atoms with Gasteiger partial charge in [0.05, 0.1) is 7.11 Å². The highest BCUT2D eigenvalue weighted by atomic mass is 16.5. The minimum absolute atomic E-state index is 0.0259. The van der Waals surface area contributed by atoms with Gasteiger partial charge in [-0.05, 0) is 18.6 Å². The maximum atomic E-state index is 11.9. The molecule has 104 valence electrons. The molecule has 0 heterocycles. The molecular formula is C15H21NO3. The average Bonchev–Trinajstić information content (AvgIpc) is 2.45. The van der Waals surface area contributed by atoms with Gasteiger partial charge in [0, 0.05) is 38.9 Å². The van der Waals surface area contributed by atoms with Gasteiger partial charge in [-0.15, -0.1) is 0 Å². The first-order valence-electron chi connectivity index (χ1n) is 6.24. The summed E-state index contributed by atoms with van der Waals surface area (Å²) in [6.45, 7) is 1.34. The number of hydrogen-bond acceptors (Lipinski definition) is 3. The van der Waals surface area contributed by atoms with Crippen molar-refractivity contribution in [2.45, 2.75) is 6.42 Å². The van der Waals surface area contributed by atoms with Crippen molar-refractivity contribution in [3.63, 3.8) is 0 Å². The second-order valence-corrected chi connectivity index (χ2v) is 4.18. The molecule has 0 saturated carbocycles. The molecule has 19 heavy (non-hydrogen) atoms. The molecule has 0 aliphatic heterocycles. The van der Waals surface area contributed by atoms with Crippen LogP contribution in [-0.4, -0.2) is 45.2 Å². The van der Waals surface area contributed by atoms with E-state index in [0.29, 0.717) is 13.2 Å². The zero-order valence-electron chi connectivity index (χ0n) is 11.8. The van der Waals surface area contributed by atoms with E-state index in [-0.39, 0.29) is 5.91 Å². The Kier molecular flexibility index (Phi) is 6.68. The Bertz CT molecular complexity index is 429. The summed E-state index contributed by atoms with van der Waals surface area (Å²) in [6, 6.07) is 7.59. The minimum atomic E-state index is -0.0259. The number of carbonyl (C=O) groups excluding carboxylic acids is 1. The van der Waals surface area contributed by atoms with Crippen LogP contribution in [0.2, 0.25) is 0 Å². The van der Waals surface area contributed by atoms with Crippen molar-refractivity contribution in [1.82, 2.24) is 4.90 Å². The van der Waals surface area contributed by atoms with Crippen molar-refractivity contribution in [1.29, 1.82) is 0 Å². The predicted octanol–water partition coefficient (Wildman–Crippen LogP) is 2.20. The monoisotopic (exact) mass is 263 g/mol. The first-order valence-corrected chi connectivity index (χ1v) is 6.24. The Balaban J connectivity index is 2.57.